The molecule has 2 aromatic heterocycles. The van der Waals surface area contributed by atoms with Crippen LogP contribution in [0.15, 0.2) is 30.6 Å². The molecule has 2 rings (SSSR count). The number of rotatable bonds is 3. The average molecular weight is 191 g/mol. The third-order valence-electron chi connectivity index (χ3n) is 2.20. The van der Waals surface area contributed by atoms with Gasteiger partial charge in [-0.15, -0.1) is 0 Å². The second-order valence-corrected chi connectivity index (χ2v) is 3.25. The number of aliphatic hydroxyl groups excluding tert-OH is 1. The molecule has 2 aromatic rings. The SMILES string of the molecule is NC(CCO)c1cn2ccccc2n1. The topological polar surface area (TPSA) is 63.5 Å². The van der Waals surface area contributed by atoms with Crippen LogP contribution in [0, 0.1) is 0 Å². The zero-order valence-corrected chi connectivity index (χ0v) is 7.80. The molecule has 2 heterocycles. The zero-order chi connectivity index (χ0) is 9.97. The summed E-state index contributed by atoms with van der Waals surface area (Å²) in [7, 11) is 0. The Bertz CT molecular complexity index is 391. The second kappa shape index (κ2) is 3.77. The van der Waals surface area contributed by atoms with Gasteiger partial charge in [0.05, 0.1) is 11.7 Å². The molecule has 0 aliphatic heterocycles. The van der Waals surface area contributed by atoms with Crippen molar-refractivity contribution in [3.8, 4) is 0 Å². The summed E-state index contributed by atoms with van der Waals surface area (Å²) in [6.45, 7) is 0.0923. The van der Waals surface area contributed by atoms with Crippen LogP contribution < -0.4 is 5.73 Å². The van der Waals surface area contributed by atoms with E-state index in [1.807, 2.05) is 35.0 Å². The Kier molecular flexibility index (Phi) is 2.47. The fourth-order valence-electron chi connectivity index (χ4n) is 1.42. The summed E-state index contributed by atoms with van der Waals surface area (Å²) in [5, 5.41) is 8.76. The van der Waals surface area contributed by atoms with Gasteiger partial charge in [-0.05, 0) is 18.6 Å². The van der Waals surface area contributed by atoms with Crippen LogP contribution in [0.3, 0.4) is 0 Å². The molecule has 4 nitrogen and oxygen atoms in total. The van der Waals surface area contributed by atoms with E-state index < -0.39 is 0 Å². The lowest BCUT2D eigenvalue weighted by molar-refractivity contribution is 0.276. The summed E-state index contributed by atoms with van der Waals surface area (Å²) in [5.41, 5.74) is 7.54. The molecule has 0 radical (unpaired) electrons. The molecule has 0 aliphatic rings. The van der Waals surface area contributed by atoms with Gasteiger partial charge < -0.3 is 15.2 Å². The van der Waals surface area contributed by atoms with Crippen molar-refractivity contribution in [1.82, 2.24) is 9.38 Å². The van der Waals surface area contributed by atoms with Crippen LogP contribution >= 0.6 is 0 Å². The predicted molar refractivity (Wildman–Crippen MR) is 53.8 cm³/mol. The van der Waals surface area contributed by atoms with E-state index in [2.05, 4.69) is 4.98 Å². The Balaban J connectivity index is 2.35. The fraction of sp³-hybridized carbons (Fsp3) is 0.300. The molecule has 0 aliphatic carbocycles. The number of pyridine rings is 1. The molecule has 0 bridgehead atoms. The third kappa shape index (κ3) is 1.62. The van der Waals surface area contributed by atoms with E-state index in [0.717, 1.165) is 11.3 Å². The molecule has 0 amide bonds. The van der Waals surface area contributed by atoms with E-state index in [-0.39, 0.29) is 12.6 Å². The summed E-state index contributed by atoms with van der Waals surface area (Å²) in [5.74, 6) is 0. The van der Waals surface area contributed by atoms with Crippen molar-refractivity contribution in [2.24, 2.45) is 5.73 Å². The minimum absolute atomic E-state index is 0.0923. The van der Waals surface area contributed by atoms with E-state index in [0.29, 0.717) is 6.42 Å². The minimum atomic E-state index is -0.181. The van der Waals surface area contributed by atoms with Crippen molar-refractivity contribution in [2.75, 3.05) is 6.61 Å². The van der Waals surface area contributed by atoms with E-state index in [1.54, 1.807) is 0 Å². The van der Waals surface area contributed by atoms with Gasteiger partial charge in [0.2, 0.25) is 0 Å². The summed E-state index contributed by atoms with van der Waals surface area (Å²) < 4.78 is 1.92. The van der Waals surface area contributed by atoms with E-state index in [1.165, 1.54) is 0 Å². The predicted octanol–water partition coefficient (Wildman–Crippen LogP) is 0.716. The van der Waals surface area contributed by atoms with Gasteiger partial charge in [-0.25, -0.2) is 4.98 Å². The van der Waals surface area contributed by atoms with Crippen LogP contribution in [0.1, 0.15) is 18.2 Å². The van der Waals surface area contributed by atoms with Crippen molar-refractivity contribution in [2.45, 2.75) is 12.5 Å². The highest BCUT2D eigenvalue weighted by Gasteiger charge is 2.09. The Labute approximate surface area is 82.0 Å². The fourth-order valence-corrected chi connectivity index (χ4v) is 1.42. The Morgan fingerprint density at radius 1 is 1.50 bits per heavy atom. The lowest BCUT2D eigenvalue weighted by Crippen LogP contribution is -2.12. The van der Waals surface area contributed by atoms with E-state index >= 15 is 0 Å². The largest absolute Gasteiger partial charge is 0.396 e. The number of hydrogen-bond donors (Lipinski definition) is 2. The molecule has 0 aromatic carbocycles. The first-order valence-electron chi connectivity index (χ1n) is 4.61. The van der Waals surface area contributed by atoms with Crippen LogP contribution in [-0.4, -0.2) is 21.1 Å². The molecule has 0 saturated carbocycles. The molecule has 3 N–H and O–H groups in total. The first-order valence-corrected chi connectivity index (χ1v) is 4.61. The Morgan fingerprint density at radius 3 is 3.07 bits per heavy atom. The van der Waals surface area contributed by atoms with Crippen molar-refractivity contribution in [1.29, 1.82) is 0 Å². The van der Waals surface area contributed by atoms with Crippen LogP contribution in [-0.2, 0) is 0 Å². The van der Waals surface area contributed by atoms with Gasteiger partial charge in [-0.1, -0.05) is 6.07 Å². The molecular formula is C10H13N3O. The number of nitrogens with two attached hydrogens (primary N) is 1. The summed E-state index contributed by atoms with van der Waals surface area (Å²) >= 11 is 0. The Morgan fingerprint density at radius 2 is 2.36 bits per heavy atom. The smallest absolute Gasteiger partial charge is 0.137 e. The summed E-state index contributed by atoms with van der Waals surface area (Å²) in [6.07, 6.45) is 4.37. The quantitative estimate of drug-likeness (QED) is 0.751. The average Bonchev–Trinajstić information content (AvgIpc) is 2.61. The van der Waals surface area contributed by atoms with Gasteiger partial charge in [-0.3, -0.25) is 0 Å². The maximum Gasteiger partial charge on any atom is 0.137 e. The molecule has 0 spiro atoms. The lowest BCUT2D eigenvalue weighted by Gasteiger charge is -2.04. The van der Waals surface area contributed by atoms with Crippen molar-refractivity contribution in [3.63, 3.8) is 0 Å². The number of aromatic nitrogens is 2. The van der Waals surface area contributed by atoms with Crippen LogP contribution in [0.25, 0.3) is 5.65 Å². The second-order valence-electron chi connectivity index (χ2n) is 3.25. The minimum Gasteiger partial charge on any atom is -0.396 e. The van der Waals surface area contributed by atoms with Crippen LogP contribution in [0.2, 0.25) is 0 Å². The standard InChI is InChI=1S/C10H13N3O/c11-8(4-6-14)9-7-13-5-2-1-3-10(13)12-9/h1-3,5,7-8,14H,4,6,11H2. The number of nitrogens with zero attached hydrogens (tertiary/aromatic N) is 2. The zero-order valence-electron chi connectivity index (χ0n) is 7.80. The maximum atomic E-state index is 8.76. The molecule has 0 saturated heterocycles. The molecule has 1 unspecified atom stereocenters. The van der Waals surface area contributed by atoms with Gasteiger partial charge in [0.15, 0.2) is 0 Å². The van der Waals surface area contributed by atoms with Crippen molar-refractivity contribution < 1.29 is 5.11 Å². The molecule has 4 heteroatoms. The van der Waals surface area contributed by atoms with Gasteiger partial charge in [0, 0.05) is 19.0 Å². The highest BCUT2D eigenvalue weighted by molar-refractivity contribution is 5.39. The highest BCUT2D eigenvalue weighted by atomic mass is 16.3. The number of hydrogen-bond acceptors (Lipinski definition) is 3. The van der Waals surface area contributed by atoms with E-state index in [4.69, 9.17) is 10.8 Å². The normalized spacial score (nSPS) is 13.3. The molecule has 14 heavy (non-hydrogen) atoms. The van der Waals surface area contributed by atoms with Gasteiger partial charge in [-0.2, -0.15) is 0 Å². The number of aliphatic hydroxyl groups is 1. The molecule has 0 fully saturated rings. The molecule has 74 valence electrons. The highest BCUT2D eigenvalue weighted by Crippen LogP contribution is 2.13. The van der Waals surface area contributed by atoms with E-state index in [9.17, 15) is 0 Å². The van der Waals surface area contributed by atoms with Crippen LogP contribution in [0.5, 0.6) is 0 Å². The van der Waals surface area contributed by atoms with Crippen LogP contribution in [0.4, 0.5) is 0 Å². The first kappa shape index (κ1) is 9.18. The Hall–Kier alpha value is -1.39. The lowest BCUT2D eigenvalue weighted by atomic mass is 10.2. The van der Waals surface area contributed by atoms with Gasteiger partial charge >= 0.3 is 0 Å². The monoisotopic (exact) mass is 191 g/mol. The van der Waals surface area contributed by atoms with Crippen molar-refractivity contribution >= 4 is 5.65 Å². The number of fused-ring (bicyclic) bond motifs is 1. The summed E-state index contributed by atoms with van der Waals surface area (Å²) in [4.78, 5) is 4.36. The third-order valence-corrected chi connectivity index (χ3v) is 2.20. The molecular weight excluding hydrogens is 178 g/mol. The first-order chi connectivity index (χ1) is 6.81. The van der Waals surface area contributed by atoms with Crippen molar-refractivity contribution in [3.05, 3.63) is 36.3 Å². The molecule has 1 atom stereocenters. The van der Waals surface area contributed by atoms with Gasteiger partial charge in [0.25, 0.3) is 0 Å². The van der Waals surface area contributed by atoms with Gasteiger partial charge in [0.1, 0.15) is 5.65 Å². The summed E-state index contributed by atoms with van der Waals surface area (Å²) in [6, 6.07) is 5.62. The number of imidazole rings is 1. The maximum absolute atomic E-state index is 8.76.